The van der Waals surface area contributed by atoms with E-state index in [-0.39, 0.29) is 11.8 Å². The van der Waals surface area contributed by atoms with Crippen molar-refractivity contribution >= 4 is 34.8 Å². The van der Waals surface area contributed by atoms with Gasteiger partial charge in [0.1, 0.15) is 5.75 Å². The molecule has 2 aromatic carbocycles. The Labute approximate surface area is 204 Å². The normalized spacial score (nSPS) is 20.1. The topological polar surface area (TPSA) is 117 Å². The summed E-state index contributed by atoms with van der Waals surface area (Å²) >= 11 is 0. The van der Waals surface area contributed by atoms with E-state index in [1.807, 2.05) is 6.07 Å². The van der Waals surface area contributed by atoms with Gasteiger partial charge in [0, 0.05) is 30.2 Å². The summed E-state index contributed by atoms with van der Waals surface area (Å²) in [5.74, 6) is -2.16. The average Bonchev–Trinajstić information content (AvgIpc) is 2.89. The number of carbonyl (C=O) groups is 3. The number of carboxylic acid groups (broad SMARTS) is 1. The number of carboxylic acids is 1. The lowest BCUT2D eigenvalue weighted by Crippen LogP contribution is -2.37. The molecule has 2 atom stereocenters. The molecule has 3 N–H and O–H groups in total. The van der Waals surface area contributed by atoms with Gasteiger partial charge >= 0.3 is 5.97 Å². The van der Waals surface area contributed by atoms with Gasteiger partial charge in [-0.3, -0.25) is 14.4 Å². The van der Waals surface area contributed by atoms with E-state index in [2.05, 4.69) is 15.5 Å². The molecule has 1 saturated carbocycles. The minimum Gasteiger partial charge on any atom is -0.497 e. The molecule has 2 fully saturated rings. The molecule has 186 valence electrons. The molecule has 1 aliphatic carbocycles. The molecule has 9 heteroatoms. The zero-order chi connectivity index (χ0) is 24.8. The minimum atomic E-state index is -0.938. The number of nitrogens with zero attached hydrogens (tertiary/aromatic N) is 1. The number of nitrogens with one attached hydrogen (secondary N) is 2. The summed E-state index contributed by atoms with van der Waals surface area (Å²) in [5.41, 5.74) is 2.24. The maximum absolute atomic E-state index is 13.3. The highest BCUT2D eigenvalue weighted by molar-refractivity contribution is 6.09. The van der Waals surface area contributed by atoms with Crippen molar-refractivity contribution < 1.29 is 29.0 Å². The van der Waals surface area contributed by atoms with E-state index in [1.165, 1.54) is 0 Å². The van der Waals surface area contributed by atoms with Crippen LogP contribution in [-0.2, 0) is 14.3 Å². The Balaban J connectivity index is 1.58. The molecular weight excluding hydrogens is 450 g/mol. The van der Waals surface area contributed by atoms with Crippen LogP contribution in [0.2, 0.25) is 0 Å². The second-order valence-electron chi connectivity index (χ2n) is 8.84. The number of methoxy groups -OCH3 is 1. The lowest BCUT2D eigenvalue weighted by Gasteiger charge is -2.31. The third kappa shape index (κ3) is 5.92. The van der Waals surface area contributed by atoms with Crippen LogP contribution in [0.5, 0.6) is 5.75 Å². The molecule has 2 aromatic rings. The van der Waals surface area contributed by atoms with Crippen molar-refractivity contribution in [2.45, 2.75) is 25.7 Å². The van der Waals surface area contributed by atoms with Gasteiger partial charge in [-0.1, -0.05) is 12.8 Å². The molecule has 35 heavy (non-hydrogen) atoms. The fourth-order valence-corrected chi connectivity index (χ4v) is 4.72. The van der Waals surface area contributed by atoms with Crippen molar-refractivity contribution in [1.29, 1.82) is 0 Å². The number of anilines is 3. The highest BCUT2D eigenvalue weighted by atomic mass is 16.5. The standard InChI is InChI=1S/C26H31N3O6/c1-34-19-9-6-17(7-10-19)27-25(31)22-16-18(8-11-23(22)29-12-14-35-15-13-29)28-24(30)20-4-2-3-5-21(20)26(32)33/h6-11,16,20-21H,2-5,12-15H2,1H3,(H,27,31)(H,28,30)(H,32,33)/t20-,21+/m0/s1. The summed E-state index contributed by atoms with van der Waals surface area (Å²) in [6.45, 7) is 2.43. The Hall–Kier alpha value is -3.59. The van der Waals surface area contributed by atoms with Crippen LogP contribution in [0.3, 0.4) is 0 Å². The Morgan fingerprint density at radius 2 is 1.60 bits per heavy atom. The molecular formula is C26H31N3O6. The molecule has 4 rings (SSSR count). The average molecular weight is 482 g/mol. The van der Waals surface area contributed by atoms with Gasteiger partial charge in [0.15, 0.2) is 0 Å². The van der Waals surface area contributed by atoms with Crippen LogP contribution in [0.15, 0.2) is 42.5 Å². The molecule has 0 spiro atoms. The van der Waals surface area contributed by atoms with Gasteiger partial charge in [-0.15, -0.1) is 0 Å². The number of carbonyl (C=O) groups excluding carboxylic acids is 2. The van der Waals surface area contributed by atoms with Crippen molar-refractivity contribution in [3.63, 3.8) is 0 Å². The molecule has 2 amide bonds. The Morgan fingerprint density at radius 1 is 0.943 bits per heavy atom. The maximum atomic E-state index is 13.3. The zero-order valence-electron chi connectivity index (χ0n) is 19.8. The number of benzene rings is 2. The lowest BCUT2D eigenvalue weighted by atomic mass is 9.78. The van der Waals surface area contributed by atoms with Crippen LogP contribution in [0.4, 0.5) is 17.1 Å². The van der Waals surface area contributed by atoms with Crippen LogP contribution < -0.4 is 20.3 Å². The molecule has 1 heterocycles. The Bertz CT molecular complexity index is 1070. The predicted octanol–water partition coefficient (Wildman–Crippen LogP) is 3.61. The number of amides is 2. The maximum Gasteiger partial charge on any atom is 0.307 e. The number of ether oxygens (including phenoxy) is 2. The first-order chi connectivity index (χ1) is 17.0. The van der Waals surface area contributed by atoms with Crippen molar-refractivity contribution in [3.05, 3.63) is 48.0 Å². The summed E-state index contributed by atoms with van der Waals surface area (Å²) in [6.07, 6.45) is 2.68. The third-order valence-electron chi connectivity index (χ3n) is 6.63. The first-order valence-corrected chi connectivity index (χ1v) is 11.9. The van der Waals surface area contributed by atoms with Gasteiger partial charge in [0.05, 0.1) is 37.7 Å². The Kier molecular flexibility index (Phi) is 7.87. The van der Waals surface area contributed by atoms with Crippen LogP contribution in [0.25, 0.3) is 0 Å². The quantitative estimate of drug-likeness (QED) is 0.553. The zero-order valence-corrected chi connectivity index (χ0v) is 19.8. The molecule has 0 unspecified atom stereocenters. The van der Waals surface area contributed by atoms with Crippen molar-refractivity contribution in [1.82, 2.24) is 0 Å². The minimum absolute atomic E-state index is 0.311. The number of morpholine rings is 1. The number of hydrogen-bond donors (Lipinski definition) is 3. The molecule has 1 saturated heterocycles. The number of rotatable bonds is 7. The molecule has 2 aliphatic rings. The van der Waals surface area contributed by atoms with Crippen molar-refractivity contribution in [2.24, 2.45) is 11.8 Å². The summed E-state index contributed by atoms with van der Waals surface area (Å²) in [4.78, 5) is 40.0. The van der Waals surface area contributed by atoms with E-state index < -0.39 is 17.8 Å². The van der Waals surface area contributed by atoms with Crippen LogP contribution in [0, 0.1) is 11.8 Å². The first-order valence-electron chi connectivity index (χ1n) is 11.9. The smallest absolute Gasteiger partial charge is 0.307 e. The first kappa shape index (κ1) is 24.5. The van der Waals surface area contributed by atoms with Crippen LogP contribution >= 0.6 is 0 Å². The highest BCUT2D eigenvalue weighted by Crippen LogP contribution is 2.32. The number of aliphatic carboxylic acids is 1. The second-order valence-corrected chi connectivity index (χ2v) is 8.84. The van der Waals surface area contributed by atoms with Gasteiger partial charge in [-0.25, -0.2) is 0 Å². The summed E-state index contributed by atoms with van der Waals surface area (Å²) in [6, 6.07) is 12.3. The van der Waals surface area contributed by atoms with E-state index in [4.69, 9.17) is 9.47 Å². The lowest BCUT2D eigenvalue weighted by molar-refractivity contribution is -0.147. The van der Waals surface area contributed by atoms with Gasteiger partial charge in [0.2, 0.25) is 5.91 Å². The fourth-order valence-electron chi connectivity index (χ4n) is 4.72. The van der Waals surface area contributed by atoms with E-state index >= 15 is 0 Å². The Morgan fingerprint density at radius 3 is 2.26 bits per heavy atom. The summed E-state index contributed by atoms with van der Waals surface area (Å²) < 4.78 is 10.6. The van der Waals surface area contributed by atoms with Crippen molar-refractivity contribution in [3.8, 4) is 5.75 Å². The van der Waals surface area contributed by atoms with E-state index in [0.717, 1.165) is 18.5 Å². The van der Waals surface area contributed by atoms with E-state index in [0.29, 0.717) is 61.8 Å². The fraction of sp³-hybridized carbons (Fsp3) is 0.423. The second kappa shape index (κ2) is 11.2. The summed E-state index contributed by atoms with van der Waals surface area (Å²) in [5, 5.41) is 15.3. The molecule has 1 aliphatic heterocycles. The summed E-state index contributed by atoms with van der Waals surface area (Å²) in [7, 11) is 1.58. The van der Waals surface area contributed by atoms with Gasteiger partial charge in [-0.2, -0.15) is 0 Å². The molecule has 0 radical (unpaired) electrons. The number of hydrogen-bond acceptors (Lipinski definition) is 6. The third-order valence-corrected chi connectivity index (χ3v) is 6.63. The van der Waals surface area contributed by atoms with Gasteiger partial charge in [0.25, 0.3) is 5.91 Å². The molecule has 9 nitrogen and oxygen atoms in total. The van der Waals surface area contributed by atoms with Crippen LogP contribution in [0.1, 0.15) is 36.0 Å². The largest absolute Gasteiger partial charge is 0.497 e. The van der Waals surface area contributed by atoms with Crippen molar-refractivity contribution in [2.75, 3.05) is 48.9 Å². The van der Waals surface area contributed by atoms with E-state index in [1.54, 1.807) is 43.5 Å². The monoisotopic (exact) mass is 481 g/mol. The van der Waals surface area contributed by atoms with Gasteiger partial charge < -0.3 is 30.1 Å². The molecule has 0 bridgehead atoms. The SMILES string of the molecule is COc1ccc(NC(=O)c2cc(NC(=O)[C@H]3CCCC[C@H]3C(=O)O)ccc2N2CCOCC2)cc1. The molecule has 0 aromatic heterocycles. The predicted molar refractivity (Wildman–Crippen MR) is 132 cm³/mol. The highest BCUT2D eigenvalue weighted by Gasteiger charge is 2.35. The van der Waals surface area contributed by atoms with Gasteiger partial charge in [-0.05, 0) is 55.3 Å². The van der Waals surface area contributed by atoms with Crippen LogP contribution in [-0.4, -0.2) is 56.3 Å². The van der Waals surface area contributed by atoms with E-state index in [9.17, 15) is 19.5 Å².